The van der Waals surface area contributed by atoms with Gasteiger partial charge in [0.25, 0.3) is 0 Å². The van der Waals surface area contributed by atoms with Crippen molar-refractivity contribution in [2.75, 3.05) is 11.9 Å². The van der Waals surface area contributed by atoms with Crippen LogP contribution in [-0.4, -0.2) is 18.1 Å². The monoisotopic (exact) mass is 287 g/mol. The number of thiophene rings is 1. The van der Waals surface area contributed by atoms with Gasteiger partial charge in [0.2, 0.25) is 5.91 Å². The molecule has 0 spiro atoms. The summed E-state index contributed by atoms with van der Waals surface area (Å²) >= 11 is 1.61. The third-order valence-corrected chi connectivity index (χ3v) is 4.85. The van der Waals surface area contributed by atoms with Gasteiger partial charge in [-0.1, -0.05) is 12.1 Å². The predicted octanol–water partition coefficient (Wildman–Crippen LogP) is 3.05. The van der Waals surface area contributed by atoms with Crippen molar-refractivity contribution < 1.29 is 9.90 Å². The number of aliphatic hydroxyl groups excluding tert-OH is 1. The van der Waals surface area contributed by atoms with Crippen molar-refractivity contribution in [2.45, 2.75) is 25.9 Å². The normalized spacial score (nSPS) is 16.1. The van der Waals surface area contributed by atoms with Crippen molar-refractivity contribution in [2.24, 2.45) is 0 Å². The number of nitrogens with zero attached hydrogens (tertiary/aromatic N) is 1. The molecule has 1 unspecified atom stereocenters. The van der Waals surface area contributed by atoms with Crippen LogP contribution in [0, 0.1) is 6.92 Å². The molecule has 1 aromatic heterocycles. The summed E-state index contributed by atoms with van der Waals surface area (Å²) in [6, 6.07) is 9.87. The van der Waals surface area contributed by atoms with Gasteiger partial charge in [0, 0.05) is 28.9 Å². The van der Waals surface area contributed by atoms with Gasteiger partial charge in [-0.15, -0.1) is 11.3 Å². The first kappa shape index (κ1) is 13.3. The first-order chi connectivity index (χ1) is 9.56. The van der Waals surface area contributed by atoms with Crippen molar-refractivity contribution in [1.29, 1.82) is 0 Å². The van der Waals surface area contributed by atoms with Crippen LogP contribution in [-0.2, 0) is 11.2 Å². The van der Waals surface area contributed by atoms with Crippen LogP contribution in [0.25, 0.3) is 0 Å². The molecule has 1 amide bonds. The van der Waals surface area contributed by atoms with Crippen molar-refractivity contribution in [3.8, 4) is 0 Å². The Balaban J connectivity index is 1.95. The Bertz CT molecular complexity index is 662. The topological polar surface area (TPSA) is 40.5 Å². The lowest BCUT2D eigenvalue weighted by Crippen LogP contribution is -2.31. The van der Waals surface area contributed by atoms with Crippen molar-refractivity contribution in [3.05, 3.63) is 51.2 Å². The zero-order valence-corrected chi connectivity index (χ0v) is 12.4. The molecule has 0 saturated carbocycles. The second-order valence-corrected chi connectivity index (χ2v) is 6.51. The third kappa shape index (κ3) is 2.25. The summed E-state index contributed by atoms with van der Waals surface area (Å²) in [5.74, 6) is 0.152. The first-order valence-corrected chi connectivity index (χ1v) is 7.51. The lowest BCUT2D eigenvalue weighted by Gasteiger charge is -2.26. The van der Waals surface area contributed by atoms with E-state index in [1.807, 2.05) is 37.3 Å². The van der Waals surface area contributed by atoms with E-state index < -0.39 is 6.10 Å². The highest BCUT2D eigenvalue weighted by Gasteiger charge is 2.22. The van der Waals surface area contributed by atoms with Crippen molar-refractivity contribution >= 4 is 22.9 Å². The molecule has 0 fully saturated rings. The smallest absolute Gasteiger partial charge is 0.227 e. The van der Waals surface area contributed by atoms with Gasteiger partial charge in [-0.2, -0.15) is 0 Å². The number of aliphatic hydroxyl groups is 1. The molecule has 0 radical (unpaired) electrons. The predicted molar refractivity (Wildman–Crippen MR) is 81.3 cm³/mol. The average Bonchev–Trinajstić information content (AvgIpc) is 2.88. The van der Waals surface area contributed by atoms with E-state index in [0.29, 0.717) is 6.42 Å². The molecule has 3 rings (SSSR count). The van der Waals surface area contributed by atoms with E-state index in [2.05, 4.69) is 0 Å². The number of benzene rings is 1. The molecule has 0 aliphatic carbocycles. The van der Waals surface area contributed by atoms with Crippen molar-refractivity contribution in [3.63, 3.8) is 0 Å². The number of carbonyl (C=O) groups excluding carboxylic acids is 1. The molecule has 104 valence electrons. The minimum atomic E-state index is -0.582. The third-order valence-electron chi connectivity index (χ3n) is 3.79. The lowest BCUT2D eigenvalue weighted by atomic mass is 9.97. The molecule has 1 aliphatic rings. The van der Waals surface area contributed by atoms with E-state index in [4.69, 9.17) is 0 Å². The van der Waals surface area contributed by atoms with E-state index >= 15 is 0 Å². The van der Waals surface area contributed by atoms with Gasteiger partial charge in [0.15, 0.2) is 0 Å². The summed E-state index contributed by atoms with van der Waals surface area (Å²) < 4.78 is 0. The molecule has 1 aliphatic heterocycles. The fourth-order valence-electron chi connectivity index (χ4n) is 2.61. The Hall–Kier alpha value is -1.65. The van der Waals surface area contributed by atoms with Crippen LogP contribution in [0.3, 0.4) is 0 Å². The van der Waals surface area contributed by atoms with E-state index in [1.54, 1.807) is 23.3 Å². The van der Waals surface area contributed by atoms with E-state index in [9.17, 15) is 9.90 Å². The Morgan fingerprint density at radius 2 is 2.05 bits per heavy atom. The van der Waals surface area contributed by atoms with Gasteiger partial charge in [-0.3, -0.25) is 4.79 Å². The van der Waals surface area contributed by atoms with E-state index in [0.717, 1.165) is 28.1 Å². The van der Waals surface area contributed by atoms with Gasteiger partial charge in [0.1, 0.15) is 6.10 Å². The van der Waals surface area contributed by atoms with E-state index in [1.165, 1.54) is 4.88 Å². The zero-order chi connectivity index (χ0) is 14.3. The van der Waals surface area contributed by atoms with Crippen LogP contribution < -0.4 is 4.90 Å². The maximum absolute atomic E-state index is 11.7. The second kappa shape index (κ2) is 5.04. The first-order valence-electron chi connectivity index (χ1n) is 6.70. The summed E-state index contributed by atoms with van der Waals surface area (Å²) in [5, 5.41) is 10.5. The summed E-state index contributed by atoms with van der Waals surface area (Å²) in [7, 11) is 1.80. The number of hydrogen-bond acceptors (Lipinski definition) is 3. The van der Waals surface area contributed by atoms with Gasteiger partial charge in [-0.05, 0) is 42.7 Å². The molecule has 2 heterocycles. The Morgan fingerprint density at radius 3 is 2.75 bits per heavy atom. The molecule has 0 bridgehead atoms. The molecular weight excluding hydrogens is 270 g/mol. The standard InChI is InChI=1S/C16H17NO2S/c1-10-3-7-14(20-10)16(19)12-4-6-13-11(9-12)5-8-15(18)17(13)2/h3-4,6-7,9,16,19H,5,8H2,1-2H3. The second-order valence-electron chi connectivity index (χ2n) is 5.19. The fraction of sp³-hybridized carbons (Fsp3) is 0.312. The highest BCUT2D eigenvalue weighted by Crippen LogP contribution is 2.33. The average molecular weight is 287 g/mol. The van der Waals surface area contributed by atoms with Crippen LogP contribution in [0.15, 0.2) is 30.3 Å². The highest BCUT2D eigenvalue weighted by molar-refractivity contribution is 7.12. The van der Waals surface area contributed by atoms with Crippen molar-refractivity contribution in [1.82, 2.24) is 0 Å². The maximum atomic E-state index is 11.7. The molecule has 1 N–H and O–H groups in total. The number of carbonyl (C=O) groups is 1. The maximum Gasteiger partial charge on any atom is 0.227 e. The zero-order valence-electron chi connectivity index (χ0n) is 11.6. The minimum absolute atomic E-state index is 0.152. The molecule has 4 heteroatoms. The Morgan fingerprint density at radius 1 is 1.25 bits per heavy atom. The highest BCUT2D eigenvalue weighted by atomic mass is 32.1. The number of aryl methyl sites for hydroxylation is 2. The number of anilines is 1. The molecule has 1 atom stereocenters. The summed E-state index contributed by atoms with van der Waals surface area (Å²) in [6.45, 7) is 2.04. The van der Waals surface area contributed by atoms with Crippen LogP contribution >= 0.6 is 11.3 Å². The SMILES string of the molecule is Cc1ccc(C(O)c2ccc3c(c2)CCC(=O)N3C)s1. The molecule has 0 saturated heterocycles. The molecule has 20 heavy (non-hydrogen) atoms. The summed E-state index contributed by atoms with van der Waals surface area (Å²) in [5.41, 5.74) is 2.99. The van der Waals surface area contributed by atoms with Crippen LogP contribution in [0.1, 0.15) is 33.4 Å². The number of hydrogen-bond donors (Lipinski definition) is 1. The number of rotatable bonds is 2. The van der Waals surface area contributed by atoms with Crippen LogP contribution in [0.4, 0.5) is 5.69 Å². The summed E-state index contributed by atoms with van der Waals surface area (Å²) in [6.07, 6.45) is 0.714. The molecular formula is C16H17NO2S. The lowest BCUT2D eigenvalue weighted by molar-refractivity contribution is -0.118. The van der Waals surface area contributed by atoms with Gasteiger partial charge >= 0.3 is 0 Å². The molecule has 2 aromatic rings. The van der Waals surface area contributed by atoms with Gasteiger partial charge < -0.3 is 10.0 Å². The Kier molecular flexibility index (Phi) is 3.36. The van der Waals surface area contributed by atoms with Crippen LogP contribution in [0.2, 0.25) is 0 Å². The van der Waals surface area contributed by atoms with E-state index in [-0.39, 0.29) is 5.91 Å². The molecule has 1 aromatic carbocycles. The van der Waals surface area contributed by atoms with Crippen LogP contribution in [0.5, 0.6) is 0 Å². The summed E-state index contributed by atoms with van der Waals surface area (Å²) in [4.78, 5) is 15.5. The largest absolute Gasteiger partial charge is 0.383 e. The fourth-order valence-corrected chi connectivity index (χ4v) is 3.50. The van der Waals surface area contributed by atoms with Gasteiger partial charge in [-0.25, -0.2) is 0 Å². The number of fused-ring (bicyclic) bond motifs is 1. The molecule has 3 nitrogen and oxygen atoms in total. The number of amides is 1. The quantitative estimate of drug-likeness (QED) is 0.922. The Labute approximate surface area is 122 Å². The van der Waals surface area contributed by atoms with Gasteiger partial charge in [0.05, 0.1) is 0 Å². The minimum Gasteiger partial charge on any atom is -0.383 e.